The molecule has 4 aliphatic heterocycles. The van der Waals surface area contributed by atoms with Crippen LogP contribution < -0.4 is 0 Å². The fraction of sp³-hybridized carbons (Fsp3) is 0.696. The van der Waals surface area contributed by atoms with Crippen molar-refractivity contribution < 1.29 is 17.9 Å². The molecule has 32 heavy (non-hydrogen) atoms. The number of carbonyl (C=O) groups is 1. The SMILES string of the molecule is CC1CCCN1C1CCN(C(=O)OC[C@H]2CCC[C@H]3c4cc(Cl)ccc4S(=O)(=O)N23)CC1. The van der Waals surface area contributed by atoms with Crippen LogP contribution in [0.4, 0.5) is 4.79 Å². The normalized spacial score (nSPS) is 30.8. The van der Waals surface area contributed by atoms with Gasteiger partial charge in [0.15, 0.2) is 0 Å². The summed E-state index contributed by atoms with van der Waals surface area (Å²) in [7, 11) is -3.60. The number of piperidine rings is 2. The molecule has 0 spiro atoms. The third kappa shape index (κ3) is 3.93. The molecule has 4 heterocycles. The molecule has 3 saturated heterocycles. The summed E-state index contributed by atoms with van der Waals surface area (Å²) in [5.41, 5.74) is 0.770. The molecule has 0 aromatic heterocycles. The summed E-state index contributed by atoms with van der Waals surface area (Å²) in [5.74, 6) is 0. The number of ether oxygens (including phenoxy) is 1. The number of sulfonamides is 1. The van der Waals surface area contributed by atoms with Crippen LogP contribution in [-0.2, 0) is 14.8 Å². The van der Waals surface area contributed by atoms with Crippen molar-refractivity contribution in [1.29, 1.82) is 0 Å². The maximum atomic E-state index is 13.2. The number of nitrogens with zero attached hydrogens (tertiary/aromatic N) is 3. The van der Waals surface area contributed by atoms with Gasteiger partial charge in [-0.15, -0.1) is 0 Å². The van der Waals surface area contributed by atoms with Gasteiger partial charge in [-0.2, -0.15) is 4.31 Å². The fourth-order valence-corrected chi connectivity index (χ4v) is 8.39. The topological polar surface area (TPSA) is 70.2 Å². The first-order valence-corrected chi connectivity index (χ1v) is 13.7. The Morgan fingerprint density at radius 1 is 1.09 bits per heavy atom. The highest BCUT2D eigenvalue weighted by Gasteiger charge is 2.48. The van der Waals surface area contributed by atoms with Gasteiger partial charge in [-0.05, 0) is 82.2 Å². The minimum absolute atomic E-state index is 0.0966. The number of fused-ring (bicyclic) bond motifs is 3. The number of carbonyl (C=O) groups excluding carboxylic acids is 1. The maximum absolute atomic E-state index is 13.2. The van der Waals surface area contributed by atoms with Crippen LogP contribution in [0.3, 0.4) is 0 Å². The van der Waals surface area contributed by atoms with Crippen LogP contribution in [-0.4, -0.2) is 73.0 Å². The summed E-state index contributed by atoms with van der Waals surface area (Å²) < 4.78 is 33.6. The first-order chi connectivity index (χ1) is 15.4. The highest BCUT2D eigenvalue weighted by Crippen LogP contribution is 2.47. The largest absolute Gasteiger partial charge is 0.448 e. The van der Waals surface area contributed by atoms with E-state index < -0.39 is 10.0 Å². The summed E-state index contributed by atoms with van der Waals surface area (Å²) in [5, 5.41) is 0.543. The molecule has 1 aromatic rings. The summed E-state index contributed by atoms with van der Waals surface area (Å²) in [6.07, 6.45) is 6.51. The molecule has 7 nitrogen and oxygen atoms in total. The van der Waals surface area contributed by atoms with Gasteiger partial charge in [-0.25, -0.2) is 13.2 Å². The minimum Gasteiger partial charge on any atom is -0.448 e. The van der Waals surface area contributed by atoms with Crippen LogP contribution in [0, 0.1) is 0 Å². The van der Waals surface area contributed by atoms with Crippen LogP contribution in [0.15, 0.2) is 23.1 Å². The average Bonchev–Trinajstić information content (AvgIpc) is 3.31. The molecule has 1 amide bonds. The second-order valence-corrected chi connectivity index (χ2v) is 11.9. The van der Waals surface area contributed by atoms with Crippen molar-refractivity contribution in [2.75, 3.05) is 26.2 Å². The van der Waals surface area contributed by atoms with Crippen molar-refractivity contribution in [3.63, 3.8) is 0 Å². The van der Waals surface area contributed by atoms with E-state index >= 15 is 0 Å². The first-order valence-electron chi connectivity index (χ1n) is 11.9. The monoisotopic (exact) mass is 481 g/mol. The lowest BCUT2D eigenvalue weighted by Gasteiger charge is -2.39. The van der Waals surface area contributed by atoms with E-state index in [1.165, 1.54) is 12.8 Å². The Bertz CT molecular complexity index is 979. The van der Waals surface area contributed by atoms with E-state index in [4.69, 9.17) is 16.3 Å². The molecule has 0 radical (unpaired) electrons. The Labute approximate surface area is 195 Å². The molecule has 1 aromatic carbocycles. The van der Waals surface area contributed by atoms with Gasteiger partial charge < -0.3 is 9.64 Å². The van der Waals surface area contributed by atoms with Crippen molar-refractivity contribution in [2.45, 2.75) is 80.9 Å². The highest BCUT2D eigenvalue weighted by molar-refractivity contribution is 7.89. The van der Waals surface area contributed by atoms with Gasteiger partial charge in [0.25, 0.3) is 0 Å². The number of benzene rings is 1. The number of rotatable bonds is 3. The number of amides is 1. The highest BCUT2D eigenvalue weighted by atomic mass is 35.5. The summed E-state index contributed by atoms with van der Waals surface area (Å²) >= 11 is 6.14. The van der Waals surface area contributed by atoms with E-state index in [1.807, 2.05) is 0 Å². The lowest BCUT2D eigenvalue weighted by atomic mass is 9.94. The smallest absolute Gasteiger partial charge is 0.409 e. The molecule has 3 atom stereocenters. The molecular formula is C23H32ClN3O4S. The lowest BCUT2D eigenvalue weighted by molar-refractivity contribution is 0.0480. The molecule has 1 unspecified atom stereocenters. The van der Waals surface area contributed by atoms with E-state index in [-0.39, 0.29) is 24.8 Å². The Balaban J connectivity index is 1.20. The van der Waals surface area contributed by atoms with Crippen LogP contribution in [0.5, 0.6) is 0 Å². The second-order valence-electron chi connectivity index (χ2n) is 9.64. The van der Waals surface area contributed by atoms with Crippen molar-refractivity contribution in [3.8, 4) is 0 Å². The molecular weight excluding hydrogens is 450 g/mol. The van der Waals surface area contributed by atoms with Crippen molar-refractivity contribution in [2.24, 2.45) is 0 Å². The summed E-state index contributed by atoms with van der Waals surface area (Å²) in [6, 6.07) is 5.62. The van der Waals surface area contributed by atoms with E-state index in [1.54, 1.807) is 27.4 Å². The molecule has 3 fully saturated rings. The van der Waals surface area contributed by atoms with E-state index in [0.717, 1.165) is 37.8 Å². The number of hydrogen-bond acceptors (Lipinski definition) is 5. The molecule has 0 aliphatic carbocycles. The number of hydrogen-bond donors (Lipinski definition) is 0. The Kier molecular flexibility index (Phi) is 6.16. The average molecular weight is 482 g/mol. The molecule has 0 saturated carbocycles. The van der Waals surface area contributed by atoms with E-state index in [9.17, 15) is 13.2 Å². The molecule has 5 rings (SSSR count). The second kappa shape index (κ2) is 8.78. The Morgan fingerprint density at radius 3 is 2.59 bits per heavy atom. The van der Waals surface area contributed by atoms with Gasteiger partial charge in [0, 0.05) is 30.2 Å². The standard InChI is InChI=1S/C23H32ClN3O4S/c1-16-4-3-11-26(16)18-9-12-25(13-10-18)23(28)31-15-19-5-2-6-21-20-14-17(24)7-8-22(20)32(29,30)27(19)21/h7-8,14,16,18-19,21H,2-6,9-13,15H2,1H3/t16?,19-,21+/m1/s1. The third-order valence-electron chi connectivity index (χ3n) is 7.76. The quantitative estimate of drug-likeness (QED) is 0.652. The van der Waals surface area contributed by atoms with Crippen molar-refractivity contribution in [3.05, 3.63) is 28.8 Å². The predicted octanol–water partition coefficient (Wildman–Crippen LogP) is 4.02. The summed E-state index contributed by atoms with van der Waals surface area (Å²) in [6.45, 7) is 4.96. The van der Waals surface area contributed by atoms with Crippen LogP contribution >= 0.6 is 11.6 Å². The molecule has 0 bridgehead atoms. The van der Waals surface area contributed by atoms with Gasteiger partial charge in [0.05, 0.1) is 17.0 Å². The molecule has 176 valence electrons. The molecule has 4 aliphatic rings. The van der Waals surface area contributed by atoms with E-state index in [0.29, 0.717) is 41.5 Å². The van der Waals surface area contributed by atoms with Crippen molar-refractivity contribution >= 4 is 27.7 Å². The predicted molar refractivity (Wildman–Crippen MR) is 122 cm³/mol. The number of halogens is 1. The third-order valence-corrected chi connectivity index (χ3v) is 10.0. The Hall–Kier alpha value is -1.35. The minimum atomic E-state index is -3.60. The lowest BCUT2D eigenvalue weighted by Crippen LogP contribution is -2.49. The fourth-order valence-electron chi connectivity index (χ4n) is 6.13. The van der Waals surface area contributed by atoms with Crippen LogP contribution in [0.25, 0.3) is 0 Å². The number of likely N-dealkylation sites (tertiary alicyclic amines) is 2. The van der Waals surface area contributed by atoms with Crippen LogP contribution in [0.2, 0.25) is 5.02 Å². The first kappa shape index (κ1) is 22.4. The molecule has 0 N–H and O–H groups in total. The zero-order chi connectivity index (χ0) is 22.5. The van der Waals surface area contributed by atoms with Gasteiger partial charge in [0.1, 0.15) is 6.61 Å². The van der Waals surface area contributed by atoms with E-state index in [2.05, 4.69) is 11.8 Å². The molecule has 9 heteroatoms. The summed E-state index contributed by atoms with van der Waals surface area (Å²) in [4.78, 5) is 17.5. The zero-order valence-corrected chi connectivity index (χ0v) is 20.2. The van der Waals surface area contributed by atoms with Gasteiger partial charge in [0.2, 0.25) is 10.0 Å². The van der Waals surface area contributed by atoms with Gasteiger partial charge >= 0.3 is 6.09 Å². The van der Waals surface area contributed by atoms with Crippen molar-refractivity contribution in [1.82, 2.24) is 14.1 Å². The van der Waals surface area contributed by atoms with Crippen LogP contribution in [0.1, 0.15) is 63.5 Å². The maximum Gasteiger partial charge on any atom is 0.409 e. The van der Waals surface area contributed by atoms with Gasteiger partial charge in [-0.3, -0.25) is 4.90 Å². The van der Waals surface area contributed by atoms with Gasteiger partial charge in [-0.1, -0.05) is 11.6 Å². The Morgan fingerprint density at radius 2 is 1.88 bits per heavy atom. The zero-order valence-electron chi connectivity index (χ0n) is 18.6.